The van der Waals surface area contributed by atoms with Crippen molar-refractivity contribution in [1.29, 1.82) is 0 Å². The van der Waals surface area contributed by atoms with Crippen LogP contribution in [-0.2, 0) is 14.0 Å². The highest BCUT2D eigenvalue weighted by Gasteiger charge is 2.18. The molecule has 0 radical (unpaired) electrons. The van der Waals surface area contributed by atoms with Gasteiger partial charge in [-0.15, -0.1) is 0 Å². The molecule has 0 amide bonds. The number of rotatable bonds is 7. The van der Waals surface area contributed by atoms with Gasteiger partial charge < -0.3 is 9.16 Å². The van der Waals surface area contributed by atoms with E-state index in [0.29, 0.717) is 25.2 Å². The van der Waals surface area contributed by atoms with Gasteiger partial charge >= 0.3 is 5.97 Å². The first-order valence-electron chi connectivity index (χ1n) is 7.12. The molecule has 1 aromatic rings. The lowest BCUT2D eigenvalue weighted by Crippen LogP contribution is -2.24. The van der Waals surface area contributed by atoms with Crippen molar-refractivity contribution in [2.24, 2.45) is 0 Å². The first-order chi connectivity index (χ1) is 9.81. The first-order valence-corrected chi connectivity index (χ1v) is 10.5. The lowest BCUT2D eigenvalue weighted by molar-refractivity contribution is -0.142. The van der Waals surface area contributed by atoms with Crippen LogP contribution >= 0.6 is 0 Å². The van der Waals surface area contributed by atoms with Crippen LogP contribution in [0.2, 0.25) is 19.6 Å². The number of esters is 1. The Morgan fingerprint density at radius 2 is 1.86 bits per heavy atom. The quantitative estimate of drug-likeness (QED) is 0.426. The third-order valence-electron chi connectivity index (χ3n) is 2.53. The van der Waals surface area contributed by atoms with Gasteiger partial charge in [0.1, 0.15) is 11.6 Å². The number of halogens is 1. The SMILES string of the molecule is CCOC(=O)CC/C=C(/O[Si](C)(C)C)c1ccc(F)cc1. The van der Waals surface area contributed by atoms with Crippen molar-refractivity contribution in [2.45, 2.75) is 39.4 Å². The van der Waals surface area contributed by atoms with Gasteiger partial charge in [-0.25, -0.2) is 4.39 Å². The van der Waals surface area contributed by atoms with Gasteiger partial charge in [0, 0.05) is 12.0 Å². The van der Waals surface area contributed by atoms with Crippen LogP contribution in [0.15, 0.2) is 30.3 Å². The van der Waals surface area contributed by atoms with E-state index < -0.39 is 8.32 Å². The number of hydrogen-bond donors (Lipinski definition) is 0. The van der Waals surface area contributed by atoms with E-state index in [1.54, 1.807) is 19.1 Å². The molecule has 0 saturated carbocycles. The summed E-state index contributed by atoms with van der Waals surface area (Å²) in [4.78, 5) is 11.4. The van der Waals surface area contributed by atoms with E-state index >= 15 is 0 Å². The van der Waals surface area contributed by atoms with Crippen molar-refractivity contribution in [3.05, 3.63) is 41.7 Å². The third kappa shape index (κ3) is 7.08. The highest BCUT2D eigenvalue weighted by molar-refractivity contribution is 6.70. The van der Waals surface area contributed by atoms with Crippen molar-refractivity contribution in [2.75, 3.05) is 6.61 Å². The zero-order valence-corrected chi connectivity index (χ0v) is 14.1. The summed E-state index contributed by atoms with van der Waals surface area (Å²) in [7, 11) is -1.79. The summed E-state index contributed by atoms with van der Waals surface area (Å²) in [6.07, 6.45) is 2.73. The summed E-state index contributed by atoms with van der Waals surface area (Å²) < 4.78 is 23.9. The van der Waals surface area contributed by atoms with E-state index in [2.05, 4.69) is 19.6 Å². The standard InChI is InChI=1S/C16H23FO3Si/c1-5-19-16(18)8-6-7-15(20-21(2,3)4)13-9-11-14(17)12-10-13/h7,9-12H,5-6,8H2,1-4H3/b15-7+. The molecule has 1 rings (SSSR count). The Bertz CT molecular complexity index is 489. The maximum atomic E-state index is 13.0. The molecule has 0 aliphatic heterocycles. The normalized spacial score (nSPS) is 12.1. The highest BCUT2D eigenvalue weighted by Crippen LogP contribution is 2.22. The smallest absolute Gasteiger partial charge is 0.306 e. The van der Waals surface area contributed by atoms with Crippen LogP contribution in [-0.4, -0.2) is 20.9 Å². The zero-order valence-electron chi connectivity index (χ0n) is 13.1. The van der Waals surface area contributed by atoms with Crippen molar-refractivity contribution >= 4 is 20.0 Å². The number of allylic oxidation sites excluding steroid dienone is 1. The van der Waals surface area contributed by atoms with Gasteiger partial charge in [-0.2, -0.15) is 0 Å². The predicted octanol–water partition coefficient (Wildman–Crippen LogP) is 4.36. The Morgan fingerprint density at radius 1 is 1.24 bits per heavy atom. The zero-order chi connectivity index (χ0) is 15.9. The Balaban J connectivity index is 2.82. The summed E-state index contributed by atoms with van der Waals surface area (Å²) in [5.74, 6) is 0.205. The van der Waals surface area contributed by atoms with Crippen molar-refractivity contribution in [3.63, 3.8) is 0 Å². The topological polar surface area (TPSA) is 35.5 Å². The first kappa shape index (κ1) is 17.4. The fourth-order valence-electron chi connectivity index (χ4n) is 1.72. The monoisotopic (exact) mass is 310 g/mol. The molecule has 0 aliphatic rings. The molecule has 1 aromatic carbocycles. The Morgan fingerprint density at radius 3 is 2.38 bits per heavy atom. The van der Waals surface area contributed by atoms with Crippen molar-refractivity contribution < 1.29 is 18.3 Å². The molecular formula is C16H23FO3Si. The van der Waals surface area contributed by atoms with Gasteiger partial charge in [0.15, 0.2) is 0 Å². The Labute approximate surface area is 126 Å². The fraction of sp³-hybridized carbons (Fsp3) is 0.438. The molecule has 0 N–H and O–H groups in total. The van der Waals surface area contributed by atoms with Gasteiger partial charge in [0.25, 0.3) is 0 Å². The molecule has 21 heavy (non-hydrogen) atoms. The van der Waals surface area contributed by atoms with Gasteiger partial charge in [0.05, 0.1) is 6.61 Å². The Kier molecular flexibility index (Phi) is 6.62. The second-order valence-electron chi connectivity index (χ2n) is 5.63. The van der Waals surface area contributed by atoms with Gasteiger partial charge in [-0.05, 0) is 63.3 Å². The molecule has 0 bridgehead atoms. The average molecular weight is 310 g/mol. The molecule has 116 valence electrons. The maximum Gasteiger partial charge on any atom is 0.306 e. The van der Waals surface area contributed by atoms with E-state index in [1.165, 1.54) is 12.1 Å². The van der Waals surface area contributed by atoms with Crippen LogP contribution < -0.4 is 0 Å². The molecule has 0 saturated heterocycles. The van der Waals surface area contributed by atoms with Crippen molar-refractivity contribution in [1.82, 2.24) is 0 Å². The van der Waals surface area contributed by atoms with Crippen LogP contribution in [0, 0.1) is 5.82 Å². The number of ether oxygens (including phenoxy) is 1. The molecule has 0 aliphatic carbocycles. The number of carbonyl (C=O) groups excluding carboxylic acids is 1. The molecule has 0 spiro atoms. The van der Waals surface area contributed by atoms with E-state index in [-0.39, 0.29) is 11.8 Å². The average Bonchev–Trinajstić information content (AvgIpc) is 2.37. The van der Waals surface area contributed by atoms with E-state index in [1.807, 2.05) is 6.08 Å². The summed E-state index contributed by atoms with van der Waals surface area (Å²) in [6.45, 7) is 8.41. The number of carbonyl (C=O) groups is 1. The Hall–Kier alpha value is -1.62. The molecule has 0 atom stereocenters. The van der Waals surface area contributed by atoms with E-state index in [0.717, 1.165) is 5.56 Å². The maximum absolute atomic E-state index is 13.0. The van der Waals surface area contributed by atoms with E-state index in [9.17, 15) is 9.18 Å². The molecule has 0 fully saturated rings. The minimum Gasteiger partial charge on any atom is -0.544 e. The minimum absolute atomic E-state index is 0.222. The van der Waals surface area contributed by atoms with Crippen LogP contribution in [0.3, 0.4) is 0 Å². The largest absolute Gasteiger partial charge is 0.544 e. The summed E-state index contributed by atoms with van der Waals surface area (Å²) in [5, 5.41) is 0. The van der Waals surface area contributed by atoms with Crippen molar-refractivity contribution in [3.8, 4) is 0 Å². The van der Waals surface area contributed by atoms with E-state index in [4.69, 9.17) is 9.16 Å². The molecule has 0 aromatic heterocycles. The number of benzene rings is 1. The molecule has 3 nitrogen and oxygen atoms in total. The minimum atomic E-state index is -1.79. The summed E-state index contributed by atoms with van der Waals surface area (Å²) >= 11 is 0. The van der Waals surface area contributed by atoms with Crippen LogP contribution in [0.5, 0.6) is 0 Å². The highest BCUT2D eigenvalue weighted by atomic mass is 28.4. The molecular weight excluding hydrogens is 287 g/mol. The lowest BCUT2D eigenvalue weighted by atomic mass is 10.1. The second-order valence-corrected chi connectivity index (χ2v) is 10.1. The fourth-order valence-corrected chi connectivity index (χ4v) is 2.58. The second kappa shape index (κ2) is 7.98. The van der Waals surface area contributed by atoms with Crippen LogP contribution in [0.25, 0.3) is 5.76 Å². The lowest BCUT2D eigenvalue weighted by Gasteiger charge is -2.22. The molecule has 5 heteroatoms. The molecule has 0 unspecified atom stereocenters. The van der Waals surface area contributed by atoms with Crippen LogP contribution in [0.4, 0.5) is 4.39 Å². The van der Waals surface area contributed by atoms with Crippen LogP contribution in [0.1, 0.15) is 25.3 Å². The molecule has 0 heterocycles. The summed E-state index contributed by atoms with van der Waals surface area (Å²) in [5.41, 5.74) is 0.822. The predicted molar refractivity (Wildman–Crippen MR) is 84.7 cm³/mol. The third-order valence-corrected chi connectivity index (χ3v) is 3.36. The summed E-state index contributed by atoms with van der Waals surface area (Å²) in [6, 6.07) is 6.18. The number of hydrogen-bond acceptors (Lipinski definition) is 3. The van der Waals surface area contributed by atoms with Gasteiger partial charge in [-0.1, -0.05) is 0 Å². The van der Waals surface area contributed by atoms with Gasteiger partial charge in [-0.3, -0.25) is 4.79 Å². The van der Waals surface area contributed by atoms with Gasteiger partial charge in [0.2, 0.25) is 8.32 Å².